The molecule has 0 unspecified atom stereocenters. The van der Waals surface area contributed by atoms with Crippen molar-refractivity contribution in [2.75, 3.05) is 18.5 Å². The van der Waals surface area contributed by atoms with Crippen molar-refractivity contribution in [3.63, 3.8) is 0 Å². The Balaban J connectivity index is 0.000000174. The molecule has 4 aromatic carbocycles. The van der Waals surface area contributed by atoms with Crippen molar-refractivity contribution >= 4 is 45.3 Å². The second kappa shape index (κ2) is 15.5. The van der Waals surface area contributed by atoms with Gasteiger partial charge in [-0.05, 0) is 110 Å². The van der Waals surface area contributed by atoms with Gasteiger partial charge in [-0.3, -0.25) is 4.79 Å². The summed E-state index contributed by atoms with van der Waals surface area (Å²) >= 11 is 0. The number of amides is 1. The molecule has 0 saturated carbocycles. The molecule has 4 aromatic heterocycles. The summed E-state index contributed by atoms with van der Waals surface area (Å²) in [5.41, 5.74) is 20.5. The molecule has 6 N–H and O–H groups in total. The monoisotopic (exact) mass is 761 g/mol. The first-order valence-electron chi connectivity index (χ1n) is 17.4. The number of fused-ring (bicyclic) bond motifs is 2. The second-order valence-electron chi connectivity index (χ2n) is 12.9. The maximum Gasteiger partial charge on any atom is 0.339 e. The molecule has 0 fully saturated rings. The van der Waals surface area contributed by atoms with Crippen LogP contribution < -0.4 is 16.8 Å². The average Bonchev–Trinajstić information content (AvgIpc) is 3.21. The van der Waals surface area contributed by atoms with E-state index in [1.54, 1.807) is 30.3 Å². The van der Waals surface area contributed by atoms with Gasteiger partial charge in [0.1, 0.15) is 41.5 Å². The minimum atomic E-state index is -1.17. The highest BCUT2D eigenvalue weighted by atomic mass is 19.1. The molecule has 282 valence electrons. The molecule has 8 aromatic rings. The first-order valence-corrected chi connectivity index (χ1v) is 17.4. The van der Waals surface area contributed by atoms with Crippen LogP contribution in [0.5, 0.6) is 0 Å². The van der Waals surface area contributed by atoms with Crippen LogP contribution in [0.15, 0.2) is 110 Å². The van der Waals surface area contributed by atoms with E-state index < -0.39 is 5.97 Å². The zero-order valence-corrected chi connectivity index (χ0v) is 30.7. The molecule has 0 spiro atoms. The van der Waals surface area contributed by atoms with E-state index in [0.717, 1.165) is 44.3 Å². The lowest BCUT2D eigenvalue weighted by atomic mass is 9.96. The minimum absolute atomic E-state index is 0.0954. The summed E-state index contributed by atoms with van der Waals surface area (Å²) in [4.78, 5) is 49.6. The molecule has 0 atom stereocenters. The first kappa shape index (κ1) is 37.6. The third-order valence-electron chi connectivity index (χ3n) is 9.33. The summed E-state index contributed by atoms with van der Waals surface area (Å²) in [5.74, 6) is -2.22. The van der Waals surface area contributed by atoms with Gasteiger partial charge in [0.2, 0.25) is 0 Å². The second-order valence-corrected chi connectivity index (χ2v) is 12.9. The Bertz CT molecular complexity index is 2850. The van der Waals surface area contributed by atoms with Gasteiger partial charge in [-0.15, -0.1) is 0 Å². The Labute approximate surface area is 324 Å². The molecule has 0 aliphatic carbocycles. The number of nitrogen functional groups attached to an aromatic ring is 2. The number of anilines is 2. The van der Waals surface area contributed by atoms with Crippen LogP contribution in [0.4, 0.5) is 20.4 Å². The SMILES string of the molecule is CNC(=O)c1cc(-c2ccc3ncnc(C)c3c2)c(-c2ccc(F)cc2)nc1N.Cc1ncnc2ccc(-c3cc(C(=O)O)c(N)nc3-c3ccc(F)cc3)cc12. The number of aromatic carboxylic acids is 1. The summed E-state index contributed by atoms with van der Waals surface area (Å²) in [7, 11) is 1.53. The van der Waals surface area contributed by atoms with Crippen LogP contribution in [0, 0.1) is 25.5 Å². The van der Waals surface area contributed by atoms with Crippen LogP contribution in [-0.4, -0.2) is 53.9 Å². The lowest BCUT2D eigenvalue weighted by Crippen LogP contribution is -2.20. The Morgan fingerprint density at radius 1 is 0.579 bits per heavy atom. The summed E-state index contributed by atoms with van der Waals surface area (Å²) < 4.78 is 26.8. The van der Waals surface area contributed by atoms with Gasteiger partial charge in [0.25, 0.3) is 5.91 Å². The summed E-state index contributed by atoms with van der Waals surface area (Å²) in [5, 5.41) is 13.8. The molecule has 57 heavy (non-hydrogen) atoms. The van der Waals surface area contributed by atoms with E-state index in [1.165, 1.54) is 50.0 Å². The van der Waals surface area contributed by atoms with Crippen LogP contribution in [-0.2, 0) is 0 Å². The quantitative estimate of drug-likeness (QED) is 0.129. The number of aromatic nitrogens is 6. The van der Waals surface area contributed by atoms with Crippen molar-refractivity contribution in [3.8, 4) is 44.8 Å². The number of halogens is 2. The van der Waals surface area contributed by atoms with Gasteiger partial charge in [-0.25, -0.2) is 43.5 Å². The number of hydrogen-bond donors (Lipinski definition) is 4. The molecule has 0 saturated heterocycles. The van der Waals surface area contributed by atoms with Crippen molar-refractivity contribution in [1.29, 1.82) is 0 Å². The molecular weight excluding hydrogens is 729 g/mol. The van der Waals surface area contributed by atoms with E-state index in [-0.39, 0.29) is 40.3 Å². The number of rotatable bonds is 6. The summed E-state index contributed by atoms with van der Waals surface area (Å²) in [6.07, 6.45) is 3.02. The Morgan fingerprint density at radius 2 is 0.982 bits per heavy atom. The Kier molecular flexibility index (Phi) is 10.2. The molecule has 4 heterocycles. The fourth-order valence-electron chi connectivity index (χ4n) is 6.34. The van der Waals surface area contributed by atoms with E-state index in [0.29, 0.717) is 33.6 Å². The number of hydrogen-bond acceptors (Lipinski definition) is 10. The van der Waals surface area contributed by atoms with Gasteiger partial charge in [0.15, 0.2) is 0 Å². The fourth-order valence-corrected chi connectivity index (χ4v) is 6.34. The van der Waals surface area contributed by atoms with Gasteiger partial charge in [0, 0.05) is 51.5 Å². The molecule has 0 aliphatic rings. The van der Waals surface area contributed by atoms with Crippen molar-refractivity contribution < 1.29 is 23.5 Å². The molecule has 0 radical (unpaired) electrons. The number of carboxylic acid groups (broad SMARTS) is 1. The van der Waals surface area contributed by atoms with Crippen molar-refractivity contribution in [2.24, 2.45) is 0 Å². The van der Waals surface area contributed by atoms with E-state index in [9.17, 15) is 23.5 Å². The van der Waals surface area contributed by atoms with Gasteiger partial charge < -0.3 is 21.9 Å². The molecule has 0 bridgehead atoms. The van der Waals surface area contributed by atoms with Gasteiger partial charge in [-0.1, -0.05) is 12.1 Å². The van der Waals surface area contributed by atoms with Crippen LogP contribution >= 0.6 is 0 Å². The van der Waals surface area contributed by atoms with Crippen molar-refractivity contribution in [2.45, 2.75) is 13.8 Å². The zero-order chi connectivity index (χ0) is 40.4. The number of benzene rings is 4. The minimum Gasteiger partial charge on any atom is -0.478 e. The third-order valence-corrected chi connectivity index (χ3v) is 9.33. The standard InChI is InChI=1S/C22H18FN5O.C21H15FN4O2/c1-12-16-9-14(5-8-19(16)27-11-26-12)17-10-18(22(29)25-2)21(24)28-20(17)13-3-6-15(23)7-4-13;1-11-15-8-13(4-7-18(15)25-10-24-11)16-9-17(21(27)28)20(23)26-19(16)12-2-5-14(22)6-3-12/h3-11H,1-2H3,(H2,24,28)(H,25,29);2-10H,1H3,(H2,23,26)(H,27,28). The number of nitrogens with two attached hydrogens (primary N) is 2. The van der Waals surface area contributed by atoms with E-state index in [1.807, 2.05) is 50.2 Å². The number of carbonyl (C=O) groups excluding carboxylic acids is 1. The smallest absolute Gasteiger partial charge is 0.339 e. The largest absolute Gasteiger partial charge is 0.478 e. The van der Waals surface area contributed by atoms with E-state index in [4.69, 9.17) is 11.5 Å². The highest BCUT2D eigenvalue weighted by Crippen LogP contribution is 2.36. The van der Waals surface area contributed by atoms with Gasteiger partial charge in [-0.2, -0.15) is 0 Å². The van der Waals surface area contributed by atoms with Crippen LogP contribution in [0.3, 0.4) is 0 Å². The lowest BCUT2D eigenvalue weighted by molar-refractivity contribution is 0.0697. The van der Waals surface area contributed by atoms with Crippen LogP contribution in [0.1, 0.15) is 32.1 Å². The molecule has 8 rings (SSSR count). The van der Waals surface area contributed by atoms with Crippen molar-refractivity contribution in [1.82, 2.24) is 35.2 Å². The topological polar surface area (TPSA) is 196 Å². The van der Waals surface area contributed by atoms with E-state index >= 15 is 0 Å². The zero-order valence-electron chi connectivity index (χ0n) is 30.7. The Hall–Kier alpha value is -7.74. The number of pyridine rings is 2. The molecule has 1 amide bonds. The molecule has 12 nitrogen and oxygen atoms in total. The van der Waals surface area contributed by atoms with Crippen LogP contribution in [0.25, 0.3) is 66.6 Å². The lowest BCUT2D eigenvalue weighted by Gasteiger charge is -2.14. The summed E-state index contributed by atoms with van der Waals surface area (Å²) in [6, 6.07) is 26.3. The van der Waals surface area contributed by atoms with Gasteiger partial charge in [0.05, 0.1) is 28.0 Å². The average molecular weight is 762 g/mol. The number of aryl methyl sites for hydroxylation is 2. The first-order chi connectivity index (χ1) is 27.4. The highest BCUT2D eigenvalue weighted by molar-refractivity contribution is 6.02. The number of nitrogens with one attached hydrogen (secondary N) is 1. The maximum atomic E-state index is 13.4. The maximum absolute atomic E-state index is 13.4. The summed E-state index contributed by atoms with van der Waals surface area (Å²) in [6.45, 7) is 3.78. The van der Waals surface area contributed by atoms with E-state index in [2.05, 4.69) is 35.2 Å². The fraction of sp³-hybridized carbons (Fsp3) is 0.0698. The van der Waals surface area contributed by atoms with Gasteiger partial charge >= 0.3 is 5.97 Å². The molecular formula is C43H33F2N9O3. The highest BCUT2D eigenvalue weighted by Gasteiger charge is 2.20. The molecule has 0 aliphatic heterocycles. The van der Waals surface area contributed by atoms with Crippen molar-refractivity contribution in [3.05, 3.63) is 144 Å². The predicted molar refractivity (Wildman–Crippen MR) is 215 cm³/mol. The number of carbonyl (C=O) groups is 2. The Morgan fingerprint density at radius 3 is 1.40 bits per heavy atom. The normalized spacial score (nSPS) is 10.9. The molecule has 14 heteroatoms. The number of nitrogens with zero attached hydrogens (tertiary/aromatic N) is 6. The third kappa shape index (κ3) is 7.64. The predicted octanol–water partition coefficient (Wildman–Crippen LogP) is 7.83. The van der Waals surface area contributed by atoms with Crippen LogP contribution in [0.2, 0.25) is 0 Å². The number of carboxylic acids is 1.